The summed E-state index contributed by atoms with van der Waals surface area (Å²) < 4.78 is 11.3. The Hall–Kier alpha value is -1.06. The Kier molecular flexibility index (Phi) is 5.86. The smallest absolute Gasteiger partial charge is 0.119 e. The lowest BCUT2D eigenvalue weighted by Gasteiger charge is -2.22. The van der Waals surface area contributed by atoms with Crippen molar-refractivity contribution in [3.8, 4) is 5.75 Å². The van der Waals surface area contributed by atoms with Crippen LogP contribution in [0.15, 0.2) is 18.2 Å². The lowest BCUT2D eigenvalue weighted by Crippen LogP contribution is -2.17. The van der Waals surface area contributed by atoms with Crippen LogP contribution in [0.1, 0.15) is 50.3 Å². The van der Waals surface area contributed by atoms with Gasteiger partial charge >= 0.3 is 0 Å². The molecule has 2 N–H and O–H groups in total. The van der Waals surface area contributed by atoms with Gasteiger partial charge in [-0.25, -0.2) is 0 Å². The van der Waals surface area contributed by atoms with Crippen molar-refractivity contribution in [3.05, 3.63) is 29.3 Å². The fourth-order valence-corrected chi connectivity index (χ4v) is 2.54. The van der Waals surface area contributed by atoms with Crippen LogP contribution in [0.25, 0.3) is 0 Å². The molecule has 0 amide bonds. The second-order valence-corrected chi connectivity index (χ2v) is 6.00. The van der Waals surface area contributed by atoms with Crippen LogP contribution in [-0.4, -0.2) is 19.8 Å². The molecule has 112 valence electrons. The zero-order chi connectivity index (χ0) is 14.4. The standard InChI is InChI=1S/C17H27NO2/c1-13(2)8-9-19-10-11-20-15-7-6-14-4-3-5-17(18)16(14)12-15/h6-7,12-13,17H,3-5,8-11,18H2,1-2H3/t17-/m1/s1. The van der Waals surface area contributed by atoms with Crippen molar-refractivity contribution in [2.75, 3.05) is 19.8 Å². The van der Waals surface area contributed by atoms with Crippen molar-refractivity contribution >= 4 is 0 Å². The molecule has 0 heterocycles. The molecule has 0 radical (unpaired) electrons. The Balaban J connectivity index is 1.75. The summed E-state index contributed by atoms with van der Waals surface area (Å²) in [5, 5.41) is 0. The molecule has 0 saturated heterocycles. The molecule has 0 aromatic heterocycles. The first kappa shape index (κ1) is 15.3. The van der Waals surface area contributed by atoms with Crippen molar-refractivity contribution < 1.29 is 9.47 Å². The lowest BCUT2D eigenvalue weighted by molar-refractivity contribution is 0.0925. The highest BCUT2D eigenvalue weighted by atomic mass is 16.5. The molecule has 1 aliphatic rings. The van der Waals surface area contributed by atoms with Crippen molar-refractivity contribution in [1.82, 2.24) is 0 Å². The van der Waals surface area contributed by atoms with Gasteiger partial charge in [-0.2, -0.15) is 0 Å². The molecule has 0 fully saturated rings. The molecule has 1 aromatic carbocycles. The molecular formula is C17H27NO2. The van der Waals surface area contributed by atoms with E-state index in [0.717, 1.165) is 31.6 Å². The number of hydrogen-bond acceptors (Lipinski definition) is 3. The molecule has 3 heteroatoms. The first-order valence-electron chi connectivity index (χ1n) is 7.75. The van der Waals surface area contributed by atoms with Crippen molar-refractivity contribution in [1.29, 1.82) is 0 Å². The molecule has 1 atom stereocenters. The minimum atomic E-state index is 0.171. The number of aryl methyl sites for hydroxylation is 1. The molecule has 2 rings (SSSR count). The highest BCUT2D eigenvalue weighted by Gasteiger charge is 2.17. The monoisotopic (exact) mass is 277 g/mol. The van der Waals surface area contributed by atoms with E-state index in [-0.39, 0.29) is 6.04 Å². The second kappa shape index (κ2) is 7.65. The van der Waals surface area contributed by atoms with Crippen molar-refractivity contribution in [2.24, 2.45) is 11.7 Å². The van der Waals surface area contributed by atoms with E-state index in [9.17, 15) is 0 Å². The third-order valence-corrected chi connectivity index (χ3v) is 3.81. The van der Waals surface area contributed by atoms with E-state index in [1.807, 2.05) is 6.07 Å². The number of ether oxygens (including phenoxy) is 2. The zero-order valence-electron chi connectivity index (χ0n) is 12.7. The van der Waals surface area contributed by atoms with Crippen LogP contribution in [-0.2, 0) is 11.2 Å². The molecule has 0 spiro atoms. The Morgan fingerprint density at radius 1 is 1.25 bits per heavy atom. The van der Waals surface area contributed by atoms with Gasteiger partial charge in [-0.1, -0.05) is 19.9 Å². The molecule has 0 saturated carbocycles. The summed E-state index contributed by atoms with van der Waals surface area (Å²) >= 11 is 0. The molecular weight excluding hydrogens is 250 g/mol. The van der Waals surface area contributed by atoms with Gasteiger partial charge in [-0.15, -0.1) is 0 Å². The minimum Gasteiger partial charge on any atom is -0.491 e. The SMILES string of the molecule is CC(C)CCOCCOc1ccc2c(c1)[C@H](N)CCC2. The van der Waals surface area contributed by atoms with E-state index in [4.69, 9.17) is 15.2 Å². The van der Waals surface area contributed by atoms with Gasteiger partial charge in [0.2, 0.25) is 0 Å². The third kappa shape index (κ3) is 4.50. The van der Waals surface area contributed by atoms with Gasteiger partial charge in [-0.3, -0.25) is 0 Å². The van der Waals surface area contributed by atoms with Gasteiger partial charge in [0.15, 0.2) is 0 Å². The normalized spacial score (nSPS) is 18.1. The summed E-state index contributed by atoms with van der Waals surface area (Å²) in [5.74, 6) is 1.60. The number of fused-ring (bicyclic) bond motifs is 1. The summed E-state index contributed by atoms with van der Waals surface area (Å²) in [6.45, 7) is 6.48. The average Bonchev–Trinajstić information content (AvgIpc) is 2.43. The Morgan fingerprint density at radius 2 is 2.10 bits per heavy atom. The third-order valence-electron chi connectivity index (χ3n) is 3.81. The maximum atomic E-state index is 6.16. The maximum absolute atomic E-state index is 6.16. The number of nitrogens with two attached hydrogens (primary N) is 1. The number of rotatable bonds is 7. The number of benzene rings is 1. The highest BCUT2D eigenvalue weighted by Crippen LogP contribution is 2.30. The van der Waals surface area contributed by atoms with Crippen LogP contribution in [0.3, 0.4) is 0 Å². The van der Waals surface area contributed by atoms with E-state index in [0.29, 0.717) is 19.1 Å². The van der Waals surface area contributed by atoms with Gasteiger partial charge in [0, 0.05) is 12.6 Å². The van der Waals surface area contributed by atoms with Crippen LogP contribution < -0.4 is 10.5 Å². The van der Waals surface area contributed by atoms with E-state index >= 15 is 0 Å². The summed E-state index contributed by atoms with van der Waals surface area (Å²) in [6, 6.07) is 6.48. The lowest BCUT2D eigenvalue weighted by atomic mass is 9.88. The van der Waals surface area contributed by atoms with E-state index in [1.165, 1.54) is 17.5 Å². The largest absolute Gasteiger partial charge is 0.491 e. The topological polar surface area (TPSA) is 44.5 Å². The number of hydrogen-bond donors (Lipinski definition) is 1. The van der Waals surface area contributed by atoms with E-state index < -0.39 is 0 Å². The molecule has 1 aromatic rings. The van der Waals surface area contributed by atoms with Crippen LogP contribution >= 0.6 is 0 Å². The molecule has 0 unspecified atom stereocenters. The van der Waals surface area contributed by atoms with Crippen LogP contribution in [0, 0.1) is 5.92 Å². The average molecular weight is 277 g/mol. The molecule has 0 bridgehead atoms. The molecule has 0 aliphatic heterocycles. The Bertz CT molecular complexity index is 417. The van der Waals surface area contributed by atoms with Crippen molar-refractivity contribution in [3.63, 3.8) is 0 Å². The first-order valence-corrected chi connectivity index (χ1v) is 7.75. The maximum Gasteiger partial charge on any atom is 0.119 e. The van der Waals surface area contributed by atoms with Crippen molar-refractivity contribution in [2.45, 2.75) is 45.6 Å². The zero-order valence-corrected chi connectivity index (χ0v) is 12.7. The minimum absolute atomic E-state index is 0.171. The van der Waals surface area contributed by atoms with Gasteiger partial charge in [0.25, 0.3) is 0 Å². The van der Waals surface area contributed by atoms with Gasteiger partial charge in [0.1, 0.15) is 12.4 Å². The Morgan fingerprint density at radius 3 is 2.90 bits per heavy atom. The summed E-state index contributed by atoms with van der Waals surface area (Å²) in [7, 11) is 0. The van der Waals surface area contributed by atoms with Gasteiger partial charge in [0.05, 0.1) is 6.61 Å². The van der Waals surface area contributed by atoms with Crippen LogP contribution in [0.4, 0.5) is 0 Å². The predicted octanol–water partition coefficient (Wildman–Crippen LogP) is 3.46. The quantitative estimate of drug-likeness (QED) is 0.776. The fraction of sp³-hybridized carbons (Fsp3) is 0.647. The first-order chi connectivity index (χ1) is 9.66. The van der Waals surface area contributed by atoms with E-state index in [1.54, 1.807) is 0 Å². The molecule has 3 nitrogen and oxygen atoms in total. The Labute approximate surface area is 122 Å². The van der Waals surface area contributed by atoms with Gasteiger partial charge < -0.3 is 15.2 Å². The van der Waals surface area contributed by atoms with Crippen LogP contribution in [0.5, 0.6) is 5.75 Å². The summed E-state index contributed by atoms with van der Waals surface area (Å²) in [4.78, 5) is 0. The van der Waals surface area contributed by atoms with Gasteiger partial charge in [-0.05, 0) is 54.9 Å². The second-order valence-electron chi connectivity index (χ2n) is 6.00. The molecule has 20 heavy (non-hydrogen) atoms. The highest BCUT2D eigenvalue weighted by molar-refractivity contribution is 5.39. The fourth-order valence-electron chi connectivity index (χ4n) is 2.54. The summed E-state index contributed by atoms with van der Waals surface area (Å²) in [6.07, 6.45) is 4.52. The summed E-state index contributed by atoms with van der Waals surface area (Å²) in [5.41, 5.74) is 8.80. The van der Waals surface area contributed by atoms with E-state index in [2.05, 4.69) is 26.0 Å². The van der Waals surface area contributed by atoms with Crippen LogP contribution in [0.2, 0.25) is 0 Å². The molecule has 1 aliphatic carbocycles. The predicted molar refractivity (Wildman–Crippen MR) is 82.1 cm³/mol.